The van der Waals surface area contributed by atoms with Crippen molar-refractivity contribution < 1.29 is 4.74 Å². The second-order valence-electron chi connectivity index (χ2n) is 5.32. The Kier molecular flexibility index (Phi) is 2.98. The molecule has 3 heteroatoms. The first-order chi connectivity index (χ1) is 8.84. The Balaban J connectivity index is 1.86. The van der Waals surface area contributed by atoms with Crippen molar-refractivity contribution in [1.29, 1.82) is 0 Å². The van der Waals surface area contributed by atoms with Crippen LogP contribution in [0.5, 0.6) is 5.75 Å². The molecule has 1 heterocycles. The molecule has 0 amide bonds. The minimum Gasteiger partial charge on any atom is -0.497 e. The number of nitrogens with zero attached hydrogens (tertiary/aromatic N) is 1. The van der Waals surface area contributed by atoms with Crippen LogP contribution >= 0.6 is 0 Å². The van der Waals surface area contributed by atoms with Crippen molar-refractivity contribution in [2.75, 3.05) is 7.11 Å². The summed E-state index contributed by atoms with van der Waals surface area (Å²) in [4.78, 5) is 4.66. The van der Waals surface area contributed by atoms with E-state index in [1.807, 2.05) is 18.5 Å². The van der Waals surface area contributed by atoms with E-state index < -0.39 is 0 Å². The minimum absolute atomic E-state index is 0.173. The lowest BCUT2D eigenvalue weighted by Crippen LogP contribution is -2.46. The highest BCUT2D eigenvalue weighted by Crippen LogP contribution is 2.42. The van der Waals surface area contributed by atoms with Crippen molar-refractivity contribution in [2.45, 2.75) is 43.7 Å². The number of hydrogen-bond acceptors (Lipinski definition) is 3. The molecule has 0 aromatic heterocycles. The van der Waals surface area contributed by atoms with Crippen molar-refractivity contribution in [2.24, 2.45) is 4.99 Å². The van der Waals surface area contributed by atoms with E-state index in [2.05, 4.69) is 22.4 Å². The van der Waals surface area contributed by atoms with E-state index in [-0.39, 0.29) is 11.6 Å². The number of ether oxygens (including phenoxy) is 1. The fraction of sp³-hybridized carbons (Fsp3) is 0.533. The van der Waals surface area contributed by atoms with E-state index in [0.717, 1.165) is 5.75 Å². The predicted octanol–water partition coefficient (Wildman–Crippen LogP) is 3.07. The van der Waals surface area contributed by atoms with Crippen LogP contribution in [0.1, 0.15) is 43.7 Å². The monoisotopic (exact) mass is 244 g/mol. The molecule has 1 fully saturated rings. The van der Waals surface area contributed by atoms with Crippen LogP contribution in [0.2, 0.25) is 0 Å². The highest BCUT2D eigenvalue weighted by Gasteiger charge is 2.42. The maximum atomic E-state index is 5.21. The zero-order chi connectivity index (χ0) is 12.4. The summed E-state index contributed by atoms with van der Waals surface area (Å²) in [5.41, 5.74) is 1.46. The van der Waals surface area contributed by atoms with E-state index in [1.165, 1.54) is 37.7 Å². The Bertz CT molecular complexity index is 432. The van der Waals surface area contributed by atoms with Crippen molar-refractivity contribution in [1.82, 2.24) is 5.32 Å². The lowest BCUT2D eigenvalue weighted by atomic mass is 9.75. The van der Waals surface area contributed by atoms with Crippen LogP contribution in [0.25, 0.3) is 0 Å². The third-order valence-corrected chi connectivity index (χ3v) is 4.28. The Morgan fingerprint density at radius 1 is 1.17 bits per heavy atom. The van der Waals surface area contributed by atoms with Crippen LogP contribution < -0.4 is 10.1 Å². The van der Waals surface area contributed by atoms with E-state index in [0.29, 0.717) is 0 Å². The van der Waals surface area contributed by atoms with Gasteiger partial charge in [-0.15, -0.1) is 0 Å². The quantitative estimate of drug-likeness (QED) is 0.867. The fourth-order valence-corrected chi connectivity index (χ4v) is 3.25. The molecule has 1 spiro atoms. The molecule has 1 aliphatic carbocycles. The lowest BCUT2D eigenvalue weighted by molar-refractivity contribution is 0.240. The zero-order valence-corrected chi connectivity index (χ0v) is 10.9. The van der Waals surface area contributed by atoms with Gasteiger partial charge in [0, 0.05) is 0 Å². The summed E-state index contributed by atoms with van der Waals surface area (Å²) in [6.07, 6.45) is 8.33. The van der Waals surface area contributed by atoms with Crippen molar-refractivity contribution in [3.8, 4) is 5.75 Å². The molecule has 18 heavy (non-hydrogen) atoms. The lowest BCUT2D eigenvalue weighted by Gasteiger charge is -2.38. The van der Waals surface area contributed by atoms with Crippen molar-refractivity contribution in [3.63, 3.8) is 0 Å². The molecule has 1 saturated carbocycles. The maximum absolute atomic E-state index is 5.21. The predicted molar refractivity (Wildman–Crippen MR) is 73.2 cm³/mol. The molecule has 3 rings (SSSR count). The molecule has 1 aromatic carbocycles. The molecule has 0 radical (unpaired) electrons. The van der Waals surface area contributed by atoms with Gasteiger partial charge in [-0.2, -0.15) is 0 Å². The molecular weight excluding hydrogens is 224 g/mol. The van der Waals surface area contributed by atoms with Gasteiger partial charge in [-0.05, 0) is 30.5 Å². The topological polar surface area (TPSA) is 33.6 Å². The molecule has 1 aromatic rings. The average Bonchev–Trinajstić information content (AvgIpc) is 2.83. The summed E-state index contributed by atoms with van der Waals surface area (Å²) >= 11 is 0. The number of benzene rings is 1. The summed E-state index contributed by atoms with van der Waals surface area (Å²) in [6.45, 7) is 0. The first kappa shape index (κ1) is 11.6. The summed E-state index contributed by atoms with van der Waals surface area (Å²) in [6, 6.07) is 8.61. The highest BCUT2D eigenvalue weighted by atomic mass is 16.5. The SMILES string of the molecule is COc1ccc(C2N=CNC23CCCCC3)cc1. The number of aliphatic imine (C=N–C) groups is 1. The van der Waals surface area contributed by atoms with Gasteiger partial charge in [0.2, 0.25) is 0 Å². The molecule has 1 N–H and O–H groups in total. The summed E-state index contributed by atoms with van der Waals surface area (Å²) in [5.74, 6) is 0.909. The zero-order valence-electron chi connectivity index (χ0n) is 10.9. The highest BCUT2D eigenvalue weighted by molar-refractivity contribution is 5.61. The Labute approximate surface area is 108 Å². The van der Waals surface area contributed by atoms with Gasteiger partial charge in [0.1, 0.15) is 5.75 Å². The first-order valence-corrected chi connectivity index (χ1v) is 6.77. The summed E-state index contributed by atoms with van der Waals surface area (Å²) in [5, 5.41) is 3.53. The van der Waals surface area contributed by atoms with Crippen LogP contribution in [0.4, 0.5) is 0 Å². The van der Waals surface area contributed by atoms with Crippen molar-refractivity contribution >= 4 is 6.34 Å². The Hall–Kier alpha value is -1.51. The van der Waals surface area contributed by atoms with E-state index in [4.69, 9.17) is 4.74 Å². The van der Waals surface area contributed by atoms with Gasteiger partial charge in [-0.25, -0.2) is 0 Å². The molecule has 2 aliphatic rings. The second-order valence-corrected chi connectivity index (χ2v) is 5.32. The van der Waals surface area contributed by atoms with Crippen LogP contribution in [-0.2, 0) is 0 Å². The van der Waals surface area contributed by atoms with E-state index in [1.54, 1.807) is 7.11 Å². The van der Waals surface area contributed by atoms with Gasteiger partial charge in [-0.1, -0.05) is 31.4 Å². The van der Waals surface area contributed by atoms with Gasteiger partial charge in [0.25, 0.3) is 0 Å². The van der Waals surface area contributed by atoms with Crippen LogP contribution in [-0.4, -0.2) is 19.0 Å². The van der Waals surface area contributed by atoms with Gasteiger partial charge in [-0.3, -0.25) is 4.99 Å². The fourth-order valence-electron chi connectivity index (χ4n) is 3.25. The molecule has 0 bridgehead atoms. The Morgan fingerprint density at radius 2 is 1.89 bits per heavy atom. The van der Waals surface area contributed by atoms with E-state index >= 15 is 0 Å². The molecule has 1 atom stereocenters. The number of nitrogens with one attached hydrogen (secondary N) is 1. The average molecular weight is 244 g/mol. The summed E-state index contributed by atoms with van der Waals surface area (Å²) < 4.78 is 5.21. The second kappa shape index (κ2) is 4.63. The molecule has 3 nitrogen and oxygen atoms in total. The van der Waals surface area contributed by atoms with Crippen LogP contribution in [0, 0.1) is 0 Å². The van der Waals surface area contributed by atoms with Crippen molar-refractivity contribution in [3.05, 3.63) is 29.8 Å². The van der Waals surface area contributed by atoms with Crippen LogP contribution in [0.3, 0.4) is 0 Å². The normalized spacial score (nSPS) is 25.1. The minimum atomic E-state index is 0.173. The summed E-state index contributed by atoms with van der Waals surface area (Å²) in [7, 11) is 1.70. The largest absolute Gasteiger partial charge is 0.497 e. The smallest absolute Gasteiger partial charge is 0.118 e. The molecule has 96 valence electrons. The van der Waals surface area contributed by atoms with Gasteiger partial charge < -0.3 is 10.1 Å². The third kappa shape index (κ3) is 1.88. The number of methoxy groups -OCH3 is 1. The molecular formula is C15H20N2O. The number of rotatable bonds is 2. The molecule has 0 saturated heterocycles. The van der Waals surface area contributed by atoms with Gasteiger partial charge >= 0.3 is 0 Å². The standard InChI is InChI=1S/C15H20N2O/c1-18-13-7-5-12(6-8-13)14-15(17-11-16-14)9-3-2-4-10-15/h5-8,11,14H,2-4,9-10H2,1H3,(H,16,17). The first-order valence-electron chi connectivity index (χ1n) is 6.77. The van der Waals surface area contributed by atoms with Gasteiger partial charge in [0.05, 0.1) is 25.0 Å². The van der Waals surface area contributed by atoms with Crippen LogP contribution in [0.15, 0.2) is 29.3 Å². The third-order valence-electron chi connectivity index (χ3n) is 4.28. The van der Waals surface area contributed by atoms with E-state index in [9.17, 15) is 0 Å². The number of hydrogen-bond donors (Lipinski definition) is 1. The maximum Gasteiger partial charge on any atom is 0.118 e. The molecule has 1 unspecified atom stereocenters. The Morgan fingerprint density at radius 3 is 2.56 bits per heavy atom. The van der Waals surface area contributed by atoms with Gasteiger partial charge in [0.15, 0.2) is 0 Å². The molecule has 1 aliphatic heterocycles.